The molecule has 17 N–H and O–H groups in total. The van der Waals surface area contributed by atoms with E-state index in [1.165, 1.54) is 0 Å². The Bertz CT molecular complexity index is 2510. The zero-order valence-corrected chi connectivity index (χ0v) is 70.0. The number of β-amino-alcohol motifs (C(OH)–C–C–N with tert-alkyl or cyclic N) is 1. The van der Waals surface area contributed by atoms with Crippen LogP contribution in [0.25, 0.3) is 0 Å². The topological polar surface area (TPSA) is 518 Å². The fourth-order valence-electron chi connectivity index (χ4n) is 13.5. The summed E-state index contributed by atoms with van der Waals surface area (Å²) in [5, 5.41) is 123. The maximum atomic E-state index is 14.1. The van der Waals surface area contributed by atoms with Gasteiger partial charge >= 0.3 is 0 Å². The summed E-state index contributed by atoms with van der Waals surface area (Å²) >= 11 is 0. The number of aliphatic hydroxyl groups is 11. The fraction of sp³-hybridized carbons (Fsp3) is 0.870. The molecule has 0 spiro atoms. The smallest absolute Gasteiger partial charge is 0.222 e. The molecule has 655 valence electrons. The van der Waals surface area contributed by atoms with E-state index in [1.807, 2.05) is 4.90 Å². The second-order valence-electron chi connectivity index (χ2n) is 29.8. The number of unbranched alkanes of at least 4 members (excludes halogenated alkanes) is 9. The van der Waals surface area contributed by atoms with Gasteiger partial charge in [-0.1, -0.05) is 65.7 Å². The predicted octanol–water partition coefficient (Wildman–Crippen LogP) is -0.350. The molecule has 4 aliphatic heterocycles. The van der Waals surface area contributed by atoms with Gasteiger partial charge in [-0.05, 0) is 64.2 Å². The SMILES string of the molecule is [CH2-]CCC1C[C@@H](O)CN1C(=O)CCCCCCCCCCC(=O)CC(COCCC(=O)NCCCNC(=O)CCCCOC1OC(CO)C(O)C(O)C1C)(COCCC(=O)NCCCNC(=O)CCCCOC1OC(CO)C(O)C(O)C1C)COCCC(=O)NCCCNC(=O)CCOC1OC(CO)C(O)C(O)C1C.[CH2-]O.[Y]. The third-order valence-corrected chi connectivity index (χ3v) is 20.4. The summed E-state index contributed by atoms with van der Waals surface area (Å²) in [7, 11) is 2.25. The van der Waals surface area contributed by atoms with Crippen LogP contribution in [0.2, 0.25) is 0 Å². The number of carbonyl (C=O) groups excluding carboxylic acids is 8. The summed E-state index contributed by atoms with van der Waals surface area (Å²) < 4.78 is 52.4. The van der Waals surface area contributed by atoms with Crippen LogP contribution < -0.4 is 31.9 Å². The van der Waals surface area contributed by atoms with Gasteiger partial charge in [0, 0.05) is 172 Å². The average Bonchev–Trinajstić information content (AvgIpc) is 1.69. The van der Waals surface area contributed by atoms with Crippen molar-refractivity contribution in [2.75, 3.05) is 125 Å². The number of hydrogen-bond donors (Lipinski definition) is 17. The van der Waals surface area contributed by atoms with E-state index in [4.69, 9.17) is 47.7 Å². The molecule has 4 fully saturated rings. The maximum absolute atomic E-state index is 14.1. The van der Waals surface area contributed by atoms with Crippen molar-refractivity contribution in [1.29, 1.82) is 0 Å². The van der Waals surface area contributed by atoms with Gasteiger partial charge in [-0.3, -0.25) is 38.4 Å². The second kappa shape index (κ2) is 62.4. The van der Waals surface area contributed by atoms with Crippen molar-refractivity contribution in [1.82, 2.24) is 36.8 Å². The number of carbonyl (C=O) groups is 8. The van der Waals surface area contributed by atoms with Crippen LogP contribution in [0.3, 0.4) is 0 Å². The van der Waals surface area contributed by atoms with Gasteiger partial charge in [0.25, 0.3) is 0 Å². The second-order valence-corrected chi connectivity index (χ2v) is 29.8. The largest absolute Gasteiger partial charge is 0.569 e. The molecule has 7 amide bonds. The Hall–Kier alpha value is -3.74. The Kier molecular flexibility index (Phi) is 58.2. The van der Waals surface area contributed by atoms with Crippen LogP contribution in [0.4, 0.5) is 0 Å². The first kappa shape index (κ1) is 105. The molecule has 35 nitrogen and oxygen atoms in total. The summed E-state index contributed by atoms with van der Waals surface area (Å²) in [6, 6.07) is 0.0481. The first-order valence-electron chi connectivity index (χ1n) is 40.5. The number of rotatable bonds is 61. The van der Waals surface area contributed by atoms with Crippen LogP contribution in [0.1, 0.15) is 194 Å². The number of hydrogen-bond acceptors (Lipinski definition) is 28. The molecule has 16 unspecified atom stereocenters. The molecule has 113 heavy (non-hydrogen) atoms. The summed E-state index contributed by atoms with van der Waals surface area (Å²) in [6.45, 7) is 9.31. The van der Waals surface area contributed by atoms with Crippen molar-refractivity contribution >= 4 is 47.1 Å². The van der Waals surface area contributed by atoms with E-state index in [1.54, 1.807) is 20.8 Å². The Morgan fingerprint density at radius 3 is 1.06 bits per heavy atom. The standard InChI is InChI=1S/C76H136N7O27.CH3O.Y/c1-5-21-54-42-56(88)44-83(54)66(95)25-13-11-9-7-6-8-10-12-22-55(87)43-76(50-104-40-28-64(93)81-34-20-35-82-65(94)29-41-107-75-53(4)69(98)72(101)59(47-86)110-75,48-102-38-26-62(91)79-32-18-30-77-60(89)23-14-16-36-105-73-51(2)67(96)70(99)57(45-84)108-73)49-103-39-27-63(92)80-33-19-31-78-61(90)24-15-17-37-106-74-52(3)68(97)71(100)58(46-85)109-74;1-2;/h51-54,56-59,67-75,84-86,88,96-101H,1,5-50H2,2-4H3,(H,77,89)(H,78,90)(H,79,91)(H,80,92)(H,81,93)(H,82,94);2H,1H2;/q2*-1;/t51?,52?,53?,54?,56-,57?,58?,59?,67?,68?,69?,70?,71?,72?,73?,74?,75?,76?;;/m1../s1. The van der Waals surface area contributed by atoms with Crippen LogP contribution >= 0.6 is 0 Å². The van der Waals surface area contributed by atoms with Crippen LogP contribution in [0.5, 0.6) is 0 Å². The van der Waals surface area contributed by atoms with E-state index < -0.39 is 123 Å². The minimum atomic E-state index is -1.28. The number of ketones is 1. The van der Waals surface area contributed by atoms with E-state index in [-0.39, 0.29) is 223 Å². The summed E-state index contributed by atoms with van der Waals surface area (Å²) in [5.41, 5.74) is -1.14. The summed E-state index contributed by atoms with van der Waals surface area (Å²) in [6.07, 6.45) is -0.0160. The van der Waals surface area contributed by atoms with Gasteiger partial charge < -0.3 is 143 Å². The van der Waals surface area contributed by atoms with Gasteiger partial charge in [0.15, 0.2) is 18.9 Å². The number of nitrogens with zero attached hydrogens (tertiary/aromatic N) is 1. The van der Waals surface area contributed by atoms with Crippen molar-refractivity contribution in [2.24, 2.45) is 23.2 Å². The van der Waals surface area contributed by atoms with Crippen molar-refractivity contribution in [3.63, 3.8) is 0 Å². The molecule has 1 radical (unpaired) electrons. The van der Waals surface area contributed by atoms with Crippen molar-refractivity contribution < 1.29 is 170 Å². The molecule has 0 bridgehead atoms. The van der Waals surface area contributed by atoms with E-state index in [2.05, 4.69) is 45.9 Å². The molecule has 17 atom stereocenters. The van der Waals surface area contributed by atoms with Gasteiger partial charge in [0.05, 0.1) is 96.9 Å². The molecular weight excluding hydrogens is 1560 g/mol. The first-order chi connectivity index (χ1) is 53.9. The monoisotopic (exact) mass is 1700 g/mol. The van der Waals surface area contributed by atoms with Crippen molar-refractivity contribution in [2.45, 2.75) is 280 Å². The van der Waals surface area contributed by atoms with E-state index in [0.717, 1.165) is 51.4 Å². The summed E-state index contributed by atoms with van der Waals surface area (Å²) in [5.74, 6) is -3.35. The van der Waals surface area contributed by atoms with Crippen LogP contribution in [-0.4, -0.2) is 319 Å². The molecule has 4 saturated heterocycles. The molecule has 4 aliphatic rings. The Morgan fingerprint density at radius 2 is 0.717 bits per heavy atom. The molecule has 36 heteroatoms. The molecule has 0 saturated carbocycles. The van der Waals surface area contributed by atoms with Gasteiger partial charge in [-0.15, -0.1) is 0 Å². The van der Waals surface area contributed by atoms with E-state index in [9.17, 15) is 89.4 Å². The van der Waals surface area contributed by atoms with Crippen LogP contribution in [0, 0.1) is 37.2 Å². The van der Waals surface area contributed by atoms with E-state index in [0.29, 0.717) is 90.3 Å². The molecule has 0 aliphatic carbocycles. The Morgan fingerprint density at radius 1 is 0.407 bits per heavy atom. The number of ether oxygens (including phenoxy) is 9. The minimum Gasteiger partial charge on any atom is -0.569 e. The fourth-order valence-corrected chi connectivity index (χ4v) is 13.5. The van der Waals surface area contributed by atoms with E-state index >= 15 is 0 Å². The van der Waals surface area contributed by atoms with Crippen LogP contribution in [-0.2, 0) is 114 Å². The number of nitrogens with one attached hydrogen (secondary N) is 6. The quantitative estimate of drug-likeness (QED) is 0.0273. The molecule has 4 rings (SSSR count). The maximum Gasteiger partial charge on any atom is 0.222 e. The van der Waals surface area contributed by atoms with Gasteiger partial charge in [0.2, 0.25) is 41.4 Å². The van der Waals surface area contributed by atoms with Crippen molar-refractivity contribution in [3.8, 4) is 0 Å². The van der Waals surface area contributed by atoms with Gasteiger partial charge in [0.1, 0.15) is 42.4 Å². The first-order valence-corrected chi connectivity index (χ1v) is 40.5. The third-order valence-electron chi connectivity index (χ3n) is 20.4. The zero-order valence-electron chi connectivity index (χ0n) is 67.1. The van der Waals surface area contributed by atoms with Gasteiger partial charge in [-0.25, -0.2) is 7.11 Å². The third kappa shape index (κ3) is 42.7. The molecule has 0 aromatic carbocycles. The molecule has 4 heterocycles. The van der Waals surface area contributed by atoms with Gasteiger partial charge in [-0.2, -0.15) is 6.42 Å². The zero-order chi connectivity index (χ0) is 82.6. The average molecular weight is 1700 g/mol. The summed E-state index contributed by atoms with van der Waals surface area (Å²) in [4.78, 5) is 106. The number of aliphatic hydroxyl groups excluding tert-OH is 11. The Balaban J connectivity index is 0.0000143. The number of Topliss-reactive ketones (excluding diaryl/α,β-unsaturated/α-hetero) is 1. The normalized spacial score (nSPS) is 26.1. The number of amides is 7. The van der Waals surface area contributed by atoms with Crippen molar-refractivity contribution in [3.05, 3.63) is 14.0 Å². The molecule has 0 aromatic rings. The van der Waals surface area contributed by atoms with Crippen LogP contribution in [0.15, 0.2) is 0 Å². The Labute approximate surface area is 692 Å². The molecule has 0 aromatic heterocycles. The predicted molar refractivity (Wildman–Crippen MR) is 405 cm³/mol. The number of likely N-dealkylation sites (tertiary alicyclic amines) is 1. The molecular formula is C77H139N7O28Y-2. The minimum absolute atomic E-state index is 0.